The Hall–Kier alpha value is -18.8. The summed E-state index contributed by atoms with van der Waals surface area (Å²) in [5.74, 6) is 0. The zero-order valence-corrected chi connectivity index (χ0v) is 66.4. The molecule has 128 heavy (non-hydrogen) atoms. The van der Waals surface area contributed by atoms with E-state index < -0.39 is 23.5 Å². The van der Waals surface area contributed by atoms with Gasteiger partial charge in [-0.3, -0.25) is 0 Å². The average Bonchev–Trinajstić information content (AvgIpc) is 1.55. The van der Waals surface area contributed by atoms with Crippen LogP contribution in [-0.4, -0.2) is 18.3 Å². The van der Waals surface area contributed by atoms with Crippen LogP contribution in [0.5, 0.6) is 0 Å². The van der Waals surface area contributed by atoms with Crippen molar-refractivity contribution in [1.29, 1.82) is 52.6 Å². The van der Waals surface area contributed by atoms with Gasteiger partial charge < -0.3 is 18.3 Å². The number of halogens is 6. The molecule has 16 aromatic carbocycles. The summed E-state index contributed by atoms with van der Waals surface area (Å²) in [6.07, 6.45) is -10.1. The number of fused-ring (bicyclic) bond motifs is 12. The van der Waals surface area contributed by atoms with E-state index in [1.807, 2.05) is 100 Å². The second-order valence-electron chi connectivity index (χ2n) is 30.8. The molecule has 20 rings (SSSR count). The average molecular weight is 1660 g/mol. The number of nitrogens with zero attached hydrogens (tertiary/aromatic N) is 14. The maximum Gasteiger partial charge on any atom is 0.417 e. The maximum absolute atomic E-state index is 16.9. The van der Waals surface area contributed by atoms with Crippen LogP contribution in [0.15, 0.2) is 303 Å². The van der Waals surface area contributed by atoms with E-state index in [1.165, 1.54) is 84.9 Å². The molecule has 0 atom stereocenters. The van der Waals surface area contributed by atoms with E-state index in [9.17, 15) is 52.6 Å². The van der Waals surface area contributed by atoms with Gasteiger partial charge in [-0.1, -0.05) is 146 Å². The SMILES string of the molecule is N#Cc1cccc(-c2cc(-n3c4ccccc4c4ccc(-c5c(C#N)cc(C#N)cc5-c5ccc6c7cc(-c8ccc(C#N)cc8C#N)ccc7n(-c7cc(C(F)(F)F)c(-c8cccc(C#N)c8)cc7-n7c8ccccc8c8cc(-c9ccc(C#N)cc9C#N)ccc87)c6c5)cc43)c(-n3c4ccccc4c4ccc(-c5ccc(C#N)cc5C#N)cc43)cc2C(F)(F)F)c1. The Bertz CT molecular complexity index is 8840. The number of hydrogen-bond donors (Lipinski definition) is 0. The zero-order chi connectivity index (χ0) is 88.3. The summed E-state index contributed by atoms with van der Waals surface area (Å²) in [7, 11) is 0. The standard InChI is InChI=1S/C108H50F6N14/c109-107(110,111)92-49-104(102(47-87(92)67-11-7-9-61(35-67)51-115)125-96-18-6-3-15-83(96)90-42-69(25-33-97(90)125)78-27-19-63(53-117)37-74(78)57-121)128-98-34-26-70(79-28-20-64(54-118)38-75(79)58-122)43-91(98)86-31-23-72(45-100(86)128)89-41-66(56-120)40-77(60-124)106(89)73-24-32-85-82-14-1-4-16-94(82)126(101(85)46-73)103-48-88(68-12-8-10-62(36-68)52-116)93(108(112,113)114)50-105(103)127-95-17-5-2-13-81(95)84-30-22-71(44-99(84)127)80-29-21-65(55-119)39-76(80)59-123/h1-50H. The van der Waals surface area contributed by atoms with Crippen LogP contribution < -0.4 is 0 Å². The molecule has 0 unspecified atom stereocenters. The Morgan fingerprint density at radius 1 is 0.188 bits per heavy atom. The van der Waals surface area contributed by atoms with Gasteiger partial charge in [0, 0.05) is 48.7 Å². The molecule has 0 bridgehead atoms. The van der Waals surface area contributed by atoms with Gasteiger partial charge in [0.25, 0.3) is 0 Å². The van der Waals surface area contributed by atoms with Crippen LogP contribution in [0.3, 0.4) is 0 Å². The molecular weight excluding hydrogens is 1610 g/mol. The molecule has 0 saturated carbocycles. The molecule has 4 heterocycles. The molecule has 0 radical (unpaired) electrons. The fourth-order valence-corrected chi connectivity index (χ4v) is 18.3. The summed E-state index contributed by atoms with van der Waals surface area (Å²) < 4.78 is 108. The fourth-order valence-electron chi connectivity index (χ4n) is 18.3. The smallest absolute Gasteiger partial charge is 0.307 e. The number of rotatable bonds is 11. The molecule has 0 amide bonds. The summed E-state index contributed by atoms with van der Waals surface area (Å²) in [5, 5.41) is 110. The van der Waals surface area contributed by atoms with Crippen molar-refractivity contribution in [3.63, 3.8) is 0 Å². The fraction of sp³-hybridized carbons (Fsp3) is 0.0185. The molecule has 0 N–H and O–H groups in total. The van der Waals surface area contributed by atoms with Crippen molar-refractivity contribution in [1.82, 2.24) is 18.3 Å². The molecule has 20 aromatic rings. The molecule has 0 aliphatic heterocycles. The topological polar surface area (TPSA) is 258 Å². The van der Waals surface area contributed by atoms with Crippen LogP contribution in [0.2, 0.25) is 0 Å². The third-order valence-electron chi connectivity index (χ3n) is 23.9. The van der Waals surface area contributed by atoms with E-state index in [2.05, 4.69) is 60.7 Å². The van der Waals surface area contributed by atoms with Gasteiger partial charge in [0.1, 0.15) is 0 Å². The number of hydrogen-bond acceptors (Lipinski definition) is 10. The van der Waals surface area contributed by atoms with Gasteiger partial charge in [-0.2, -0.15) is 79.0 Å². The van der Waals surface area contributed by atoms with Gasteiger partial charge in [0.2, 0.25) is 0 Å². The van der Waals surface area contributed by atoms with Crippen LogP contribution in [0.25, 0.3) is 188 Å². The zero-order valence-electron chi connectivity index (χ0n) is 66.4. The normalized spacial score (nSPS) is 11.4. The van der Waals surface area contributed by atoms with Crippen LogP contribution in [-0.2, 0) is 12.4 Å². The van der Waals surface area contributed by atoms with Crippen molar-refractivity contribution >= 4 is 87.2 Å². The van der Waals surface area contributed by atoms with Crippen molar-refractivity contribution in [2.75, 3.05) is 0 Å². The summed E-state index contributed by atoms with van der Waals surface area (Å²) >= 11 is 0. The third-order valence-corrected chi connectivity index (χ3v) is 23.9. The van der Waals surface area contributed by atoms with Crippen LogP contribution in [0, 0.1) is 113 Å². The highest BCUT2D eigenvalue weighted by Gasteiger charge is 2.39. The monoisotopic (exact) mass is 1660 g/mol. The molecule has 594 valence electrons. The predicted molar refractivity (Wildman–Crippen MR) is 479 cm³/mol. The summed E-state index contributed by atoms with van der Waals surface area (Å²) in [6.45, 7) is 0. The lowest BCUT2D eigenvalue weighted by atomic mass is 9.88. The number of aromatic nitrogens is 4. The maximum atomic E-state index is 16.9. The largest absolute Gasteiger partial charge is 0.417 e. The lowest BCUT2D eigenvalue weighted by Crippen LogP contribution is -2.12. The van der Waals surface area contributed by atoms with E-state index in [1.54, 1.807) is 124 Å². The van der Waals surface area contributed by atoms with E-state index in [0.29, 0.717) is 137 Å². The molecule has 0 aliphatic rings. The van der Waals surface area contributed by atoms with Gasteiger partial charge in [0.05, 0.1) is 194 Å². The van der Waals surface area contributed by atoms with Crippen LogP contribution >= 0.6 is 0 Å². The quantitative estimate of drug-likeness (QED) is 0.111. The van der Waals surface area contributed by atoms with Gasteiger partial charge in [-0.25, -0.2) is 0 Å². The molecule has 4 aromatic heterocycles. The van der Waals surface area contributed by atoms with Crippen molar-refractivity contribution in [2.45, 2.75) is 12.4 Å². The lowest BCUT2D eigenvalue weighted by molar-refractivity contribution is -0.137. The summed E-state index contributed by atoms with van der Waals surface area (Å²) in [4.78, 5) is 0. The number of para-hydroxylation sites is 3. The first-order valence-electron chi connectivity index (χ1n) is 39.8. The van der Waals surface area contributed by atoms with Crippen molar-refractivity contribution in [3.05, 3.63) is 370 Å². The minimum absolute atomic E-state index is 0.00514. The minimum atomic E-state index is -5.10. The van der Waals surface area contributed by atoms with Gasteiger partial charge in [-0.05, 0) is 230 Å². The van der Waals surface area contributed by atoms with Crippen molar-refractivity contribution in [3.8, 4) is 161 Å². The summed E-state index contributed by atoms with van der Waals surface area (Å²) in [6, 6.07) is 105. The molecule has 0 saturated heterocycles. The Morgan fingerprint density at radius 2 is 0.484 bits per heavy atom. The Morgan fingerprint density at radius 3 is 0.875 bits per heavy atom. The van der Waals surface area contributed by atoms with Crippen LogP contribution in [0.4, 0.5) is 26.3 Å². The molecule has 0 spiro atoms. The van der Waals surface area contributed by atoms with Crippen molar-refractivity contribution < 1.29 is 26.3 Å². The number of benzene rings is 16. The van der Waals surface area contributed by atoms with E-state index >= 15 is 26.3 Å². The van der Waals surface area contributed by atoms with E-state index in [0.717, 1.165) is 12.1 Å². The van der Waals surface area contributed by atoms with E-state index in [-0.39, 0.29) is 106 Å². The van der Waals surface area contributed by atoms with Crippen LogP contribution in [0.1, 0.15) is 66.8 Å². The highest BCUT2D eigenvalue weighted by atomic mass is 19.4. The van der Waals surface area contributed by atoms with Gasteiger partial charge in [-0.15, -0.1) is 0 Å². The van der Waals surface area contributed by atoms with Crippen molar-refractivity contribution in [2.24, 2.45) is 0 Å². The Balaban J connectivity index is 0.877. The predicted octanol–water partition coefficient (Wildman–Crippen LogP) is 26.5. The second kappa shape index (κ2) is 30.1. The minimum Gasteiger partial charge on any atom is -0.307 e. The lowest BCUT2D eigenvalue weighted by Gasteiger charge is -2.22. The third kappa shape index (κ3) is 12.6. The highest BCUT2D eigenvalue weighted by Crippen LogP contribution is 2.51. The summed E-state index contributed by atoms with van der Waals surface area (Å²) in [5.41, 5.74) is 7.41. The molecule has 0 aliphatic carbocycles. The van der Waals surface area contributed by atoms with Gasteiger partial charge >= 0.3 is 12.4 Å². The Labute approximate surface area is 723 Å². The second-order valence-corrected chi connectivity index (χ2v) is 30.8. The number of nitriles is 10. The molecule has 20 heteroatoms. The first-order valence-corrected chi connectivity index (χ1v) is 39.8. The Kier molecular flexibility index (Phi) is 18.3. The number of alkyl halides is 6. The molecular formula is C108H50F6N14. The van der Waals surface area contributed by atoms with E-state index in [4.69, 9.17) is 0 Å². The first-order chi connectivity index (χ1) is 62.2. The molecule has 0 fully saturated rings. The first kappa shape index (κ1) is 77.8. The highest BCUT2D eigenvalue weighted by molar-refractivity contribution is 6.17. The molecule has 14 nitrogen and oxygen atoms in total. The van der Waals surface area contributed by atoms with Gasteiger partial charge in [0.15, 0.2) is 0 Å².